The first-order chi connectivity index (χ1) is 18.0. The van der Waals surface area contributed by atoms with Crippen molar-refractivity contribution in [1.82, 2.24) is 5.32 Å². The van der Waals surface area contributed by atoms with E-state index >= 15 is 0 Å². The van der Waals surface area contributed by atoms with E-state index in [9.17, 15) is 14.4 Å². The van der Waals surface area contributed by atoms with Gasteiger partial charge in [-0.1, -0.05) is 42.5 Å². The number of furan rings is 1. The second-order valence-electron chi connectivity index (χ2n) is 8.06. The Morgan fingerprint density at radius 1 is 0.811 bits per heavy atom. The van der Waals surface area contributed by atoms with Gasteiger partial charge in [-0.2, -0.15) is 0 Å². The Morgan fingerprint density at radius 2 is 1.57 bits per heavy atom. The number of hydrogen-bond acceptors (Lipinski definition) is 7. The summed E-state index contributed by atoms with van der Waals surface area (Å²) in [5.41, 5.74) is 1.34. The second-order valence-corrected chi connectivity index (χ2v) is 8.06. The first kappa shape index (κ1) is 23.6. The summed E-state index contributed by atoms with van der Waals surface area (Å²) < 4.78 is 21.3. The number of hydrogen-bond donors (Lipinski definition) is 1. The lowest BCUT2D eigenvalue weighted by Gasteiger charge is -2.09. The van der Waals surface area contributed by atoms with E-state index in [1.807, 2.05) is 42.5 Å². The van der Waals surface area contributed by atoms with E-state index < -0.39 is 17.5 Å². The summed E-state index contributed by atoms with van der Waals surface area (Å²) in [7, 11) is 0. The molecule has 0 radical (unpaired) electrons. The Bertz CT molecular complexity index is 1590. The van der Waals surface area contributed by atoms with Gasteiger partial charge in [0.05, 0.1) is 12.8 Å². The first-order valence-corrected chi connectivity index (χ1v) is 11.4. The van der Waals surface area contributed by atoms with Crippen molar-refractivity contribution in [2.75, 3.05) is 6.61 Å². The number of esters is 1. The highest BCUT2D eigenvalue weighted by Crippen LogP contribution is 2.23. The summed E-state index contributed by atoms with van der Waals surface area (Å²) in [4.78, 5) is 37.1. The van der Waals surface area contributed by atoms with Crippen molar-refractivity contribution in [2.24, 2.45) is 0 Å². The van der Waals surface area contributed by atoms with E-state index in [2.05, 4.69) is 5.32 Å². The van der Waals surface area contributed by atoms with Crippen LogP contribution in [0.15, 0.2) is 111 Å². The maximum Gasteiger partial charge on any atom is 0.349 e. The third-order valence-corrected chi connectivity index (χ3v) is 5.51. The fraction of sp³-hybridized carbons (Fsp3) is 0.0690. The van der Waals surface area contributed by atoms with Crippen LogP contribution >= 0.6 is 0 Å². The molecule has 0 fully saturated rings. The van der Waals surface area contributed by atoms with Crippen LogP contribution in [0.5, 0.6) is 11.5 Å². The molecule has 0 saturated carbocycles. The van der Waals surface area contributed by atoms with Crippen LogP contribution in [0.25, 0.3) is 22.1 Å². The average molecular weight is 495 g/mol. The van der Waals surface area contributed by atoms with Crippen molar-refractivity contribution in [3.05, 3.63) is 119 Å². The monoisotopic (exact) mass is 495 g/mol. The summed E-state index contributed by atoms with van der Waals surface area (Å²) in [6.07, 6.45) is 1.49. The molecule has 0 unspecified atom stereocenters. The first-order valence-electron chi connectivity index (χ1n) is 11.4. The molecule has 2 heterocycles. The molecule has 1 N–H and O–H groups in total. The zero-order valence-corrected chi connectivity index (χ0v) is 19.5. The van der Waals surface area contributed by atoms with Crippen LogP contribution in [0.4, 0.5) is 0 Å². The standard InChI is InChI=1S/C29H21NO7/c31-27(18-35-22-11-8-20(9-12-22)19-5-2-1-3-6-19)36-23-13-10-21-15-25(29(33)37-26(21)16-23)28(32)30-17-24-7-4-14-34-24/h1-16H,17-18H2,(H,30,32). The lowest BCUT2D eigenvalue weighted by atomic mass is 10.1. The van der Waals surface area contributed by atoms with Gasteiger partial charge >= 0.3 is 11.6 Å². The second kappa shape index (κ2) is 10.7. The smallest absolute Gasteiger partial charge is 0.349 e. The van der Waals surface area contributed by atoms with Gasteiger partial charge in [0.15, 0.2) is 6.61 Å². The van der Waals surface area contributed by atoms with Gasteiger partial charge in [0.25, 0.3) is 5.91 Å². The van der Waals surface area contributed by atoms with Crippen LogP contribution in [0.2, 0.25) is 0 Å². The van der Waals surface area contributed by atoms with E-state index in [0.29, 0.717) is 16.9 Å². The molecule has 0 aliphatic rings. The molecule has 0 atom stereocenters. The molecule has 0 aliphatic heterocycles. The average Bonchev–Trinajstić information content (AvgIpc) is 3.45. The fourth-order valence-electron chi connectivity index (χ4n) is 3.67. The molecule has 0 aliphatic carbocycles. The predicted octanol–water partition coefficient (Wildman–Crippen LogP) is 4.97. The van der Waals surface area contributed by atoms with E-state index in [1.54, 1.807) is 36.4 Å². The fourth-order valence-corrected chi connectivity index (χ4v) is 3.67. The molecule has 184 valence electrons. The van der Waals surface area contributed by atoms with Crippen LogP contribution in [0.3, 0.4) is 0 Å². The van der Waals surface area contributed by atoms with Crippen molar-refractivity contribution in [2.45, 2.75) is 6.54 Å². The minimum Gasteiger partial charge on any atom is -0.482 e. The van der Waals surface area contributed by atoms with Gasteiger partial charge in [-0.3, -0.25) is 4.79 Å². The SMILES string of the molecule is O=C(COc1ccc(-c2ccccc2)cc1)Oc1ccc2cc(C(=O)NCc3ccco3)c(=O)oc2c1. The highest BCUT2D eigenvalue weighted by molar-refractivity contribution is 5.96. The third-order valence-electron chi connectivity index (χ3n) is 5.51. The predicted molar refractivity (Wildman–Crippen MR) is 135 cm³/mol. The lowest BCUT2D eigenvalue weighted by molar-refractivity contribution is -0.136. The Balaban J connectivity index is 1.19. The Morgan fingerprint density at radius 3 is 2.32 bits per heavy atom. The van der Waals surface area contributed by atoms with Gasteiger partial charge in [0.1, 0.15) is 28.4 Å². The van der Waals surface area contributed by atoms with E-state index in [-0.39, 0.29) is 30.0 Å². The minimum absolute atomic E-state index is 0.136. The Hall–Kier alpha value is -5.11. The van der Waals surface area contributed by atoms with Crippen LogP contribution in [-0.2, 0) is 11.3 Å². The van der Waals surface area contributed by atoms with Gasteiger partial charge in [-0.25, -0.2) is 9.59 Å². The van der Waals surface area contributed by atoms with Crippen molar-refractivity contribution in [1.29, 1.82) is 0 Å². The molecule has 2 aromatic heterocycles. The van der Waals surface area contributed by atoms with Crippen molar-refractivity contribution >= 4 is 22.8 Å². The van der Waals surface area contributed by atoms with Crippen molar-refractivity contribution < 1.29 is 27.9 Å². The number of carbonyl (C=O) groups is 2. The highest BCUT2D eigenvalue weighted by Gasteiger charge is 2.15. The van der Waals surface area contributed by atoms with Gasteiger partial charge < -0.3 is 23.6 Å². The zero-order valence-electron chi connectivity index (χ0n) is 19.5. The molecule has 3 aromatic carbocycles. The quantitative estimate of drug-likeness (QED) is 0.184. The van der Waals surface area contributed by atoms with Crippen molar-refractivity contribution in [3.63, 3.8) is 0 Å². The van der Waals surface area contributed by atoms with Crippen LogP contribution in [0.1, 0.15) is 16.1 Å². The molecule has 5 aromatic rings. The molecule has 1 amide bonds. The molecule has 0 saturated heterocycles. The molecule has 8 heteroatoms. The third kappa shape index (κ3) is 5.76. The van der Waals surface area contributed by atoms with Gasteiger partial charge in [-0.15, -0.1) is 0 Å². The number of fused-ring (bicyclic) bond motifs is 1. The summed E-state index contributed by atoms with van der Waals surface area (Å²) in [5, 5.41) is 3.10. The lowest BCUT2D eigenvalue weighted by Crippen LogP contribution is -2.27. The Kier molecular flexibility index (Phi) is 6.80. The van der Waals surface area contributed by atoms with Crippen LogP contribution in [0, 0.1) is 0 Å². The number of benzene rings is 3. The van der Waals surface area contributed by atoms with Crippen LogP contribution in [-0.4, -0.2) is 18.5 Å². The normalized spacial score (nSPS) is 10.7. The zero-order chi connectivity index (χ0) is 25.6. The molecular formula is C29H21NO7. The van der Waals surface area contributed by atoms with E-state index in [0.717, 1.165) is 11.1 Å². The largest absolute Gasteiger partial charge is 0.482 e. The molecule has 8 nitrogen and oxygen atoms in total. The number of ether oxygens (including phenoxy) is 2. The maximum absolute atomic E-state index is 12.4. The number of carbonyl (C=O) groups excluding carboxylic acids is 2. The Labute approximate surface area is 211 Å². The topological polar surface area (TPSA) is 108 Å². The maximum atomic E-state index is 12.4. The molecule has 0 bridgehead atoms. The molecule has 37 heavy (non-hydrogen) atoms. The molecular weight excluding hydrogens is 474 g/mol. The number of amides is 1. The highest BCUT2D eigenvalue weighted by atomic mass is 16.6. The summed E-state index contributed by atoms with van der Waals surface area (Å²) >= 11 is 0. The summed E-state index contributed by atoms with van der Waals surface area (Å²) in [6.45, 7) is -0.168. The number of rotatable bonds is 8. The van der Waals surface area contributed by atoms with E-state index in [1.165, 1.54) is 18.4 Å². The summed E-state index contributed by atoms with van der Waals surface area (Å²) in [6, 6.07) is 26.7. The molecule has 0 spiro atoms. The minimum atomic E-state index is -0.810. The van der Waals surface area contributed by atoms with E-state index in [4.69, 9.17) is 18.3 Å². The van der Waals surface area contributed by atoms with Gasteiger partial charge in [0, 0.05) is 11.5 Å². The summed E-state index contributed by atoms with van der Waals surface area (Å²) in [5.74, 6) is 0.0510. The van der Waals surface area contributed by atoms with Gasteiger partial charge in [-0.05, 0) is 53.6 Å². The number of nitrogens with one attached hydrogen (secondary N) is 1. The van der Waals surface area contributed by atoms with Crippen LogP contribution < -0.4 is 20.4 Å². The van der Waals surface area contributed by atoms with Gasteiger partial charge in [0.2, 0.25) is 0 Å². The van der Waals surface area contributed by atoms with Crippen molar-refractivity contribution in [3.8, 4) is 22.6 Å². The molecule has 5 rings (SSSR count).